The Kier molecular flexibility index (Phi) is 6.89. The molecular weight excluding hydrogens is 526 g/mol. The molecule has 0 aliphatic carbocycles. The van der Waals surface area contributed by atoms with Gasteiger partial charge in [-0.1, -0.05) is 137 Å². The Morgan fingerprint density at radius 2 is 0.737 bits per heavy atom. The zero-order valence-corrected chi connectivity index (χ0v) is 22.4. The molecule has 0 atom stereocenters. The monoisotopic (exact) mass is 551 g/mol. The summed E-state index contributed by atoms with van der Waals surface area (Å²) >= 11 is 3.55. The van der Waals surface area contributed by atoms with Gasteiger partial charge in [0.15, 0.2) is 0 Å². The number of benzene rings is 6. The third-order valence-electron chi connectivity index (χ3n) is 6.76. The van der Waals surface area contributed by atoms with Gasteiger partial charge in [0.25, 0.3) is 0 Å². The van der Waals surface area contributed by atoms with Gasteiger partial charge in [-0.05, 0) is 58.7 Å². The van der Waals surface area contributed by atoms with Crippen molar-refractivity contribution in [2.24, 2.45) is 0 Å². The Bertz CT molecular complexity index is 1560. The van der Waals surface area contributed by atoms with Gasteiger partial charge in [0.1, 0.15) is 0 Å². The summed E-state index contributed by atoms with van der Waals surface area (Å²) in [5.74, 6) is 0. The molecule has 6 aromatic rings. The van der Waals surface area contributed by atoms with Gasteiger partial charge in [0.05, 0.1) is 11.4 Å². The number of hydrogen-bond acceptors (Lipinski definition) is 1. The molecule has 0 N–H and O–H groups in total. The lowest BCUT2D eigenvalue weighted by Gasteiger charge is -2.30. The van der Waals surface area contributed by atoms with Crippen LogP contribution in [-0.2, 0) is 0 Å². The van der Waals surface area contributed by atoms with E-state index in [0.717, 1.165) is 21.5 Å². The minimum absolute atomic E-state index is 1.08. The maximum Gasteiger partial charge on any atom is 0.0540 e. The molecule has 6 rings (SSSR count). The Hall–Kier alpha value is -4.40. The lowest BCUT2D eigenvalue weighted by molar-refractivity contribution is 1.28. The normalized spacial score (nSPS) is 10.8. The van der Waals surface area contributed by atoms with E-state index in [-0.39, 0.29) is 0 Å². The predicted molar refractivity (Wildman–Crippen MR) is 165 cm³/mol. The summed E-state index contributed by atoms with van der Waals surface area (Å²) in [5, 5.41) is 0. The fourth-order valence-corrected chi connectivity index (χ4v) is 5.18. The van der Waals surface area contributed by atoms with Crippen LogP contribution in [0.2, 0.25) is 0 Å². The third kappa shape index (κ3) is 4.91. The average molecular weight is 553 g/mol. The molecule has 0 saturated heterocycles. The van der Waals surface area contributed by atoms with Crippen LogP contribution in [0.15, 0.2) is 162 Å². The van der Waals surface area contributed by atoms with Gasteiger partial charge in [0.2, 0.25) is 0 Å². The van der Waals surface area contributed by atoms with Gasteiger partial charge in [-0.3, -0.25) is 0 Å². The molecule has 0 radical (unpaired) electrons. The summed E-state index contributed by atoms with van der Waals surface area (Å²) in [4.78, 5) is 2.38. The van der Waals surface area contributed by atoms with Crippen molar-refractivity contribution in [3.63, 3.8) is 0 Å². The van der Waals surface area contributed by atoms with Crippen LogP contribution in [0.3, 0.4) is 0 Å². The van der Waals surface area contributed by atoms with Crippen LogP contribution in [0, 0.1) is 0 Å². The molecule has 182 valence electrons. The van der Waals surface area contributed by atoms with E-state index in [0.29, 0.717) is 0 Å². The molecule has 0 unspecified atom stereocenters. The van der Waals surface area contributed by atoms with Crippen LogP contribution < -0.4 is 4.90 Å². The highest BCUT2D eigenvalue weighted by molar-refractivity contribution is 9.10. The second-order valence-electron chi connectivity index (χ2n) is 9.16. The smallest absolute Gasteiger partial charge is 0.0540 e. The van der Waals surface area contributed by atoms with E-state index in [1.165, 1.54) is 33.4 Å². The minimum Gasteiger partial charge on any atom is -0.309 e. The summed E-state index contributed by atoms with van der Waals surface area (Å²) < 4.78 is 1.08. The zero-order valence-electron chi connectivity index (χ0n) is 20.8. The molecule has 0 spiro atoms. The molecule has 0 bridgehead atoms. The summed E-state index contributed by atoms with van der Waals surface area (Å²) in [6, 6.07) is 55.9. The van der Waals surface area contributed by atoms with Crippen molar-refractivity contribution < 1.29 is 0 Å². The Balaban J connectivity index is 1.54. The average Bonchev–Trinajstić information content (AvgIpc) is 3.00. The predicted octanol–water partition coefficient (Wildman–Crippen LogP) is 10.9. The number of anilines is 3. The first-order valence-corrected chi connectivity index (χ1v) is 13.5. The van der Waals surface area contributed by atoms with Crippen LogP contribution in [0.25, 0.3) is 33.4 Å². The summed E-state index contributed by atoms with van der Waals surface area (Å²) in [7, 11) is 0. The standard InChI is InChI=1S/C36H26BrN/c37-31-23-19-27(20-24-31)28-21-25-32(26-22-28)38(35-17-9-7-15-33(35)29-11-3-1-4-12-29)36-18-10-8-16-34(36)30-13-5-2-6-14-30/h1-26H. The molecule has 0 heterocycles. The quantitative estimate of drug-likeness (QED) is 0.199. The second-order valence-corrected chi connectivity index (χ2v) is 10.1. The fourth-order valence-electron chi connectivity index (χ4n) is 4.91. The van der Waals surface area contributed by atoms with Crippen molar-refractivity contribution in [2.75, 3.05) is 4.90 Å². The molecule has 38 heavy (non-hydrogen) atoms. The largest absolute Gasteiger partial charge is 0.309 e. The van der Waals surface area contributed by atoms with E-state index in [1.807, 2.05) is 0 Å². The SMILES string of the molecule is Brc1ccc(-c2ccc(N(c3ccccc3-c3ccccc3)c3ccccc3-c3ccccc3)cc2)cc1. The lowest BCUT2D eigenvalue weighted by atomic mass is 9.98. The summed E-state index contributed by atoms with van der Waals surface area (Å²) in [5.41, 5.74) is 10.5. The van der Waals surface area contributed by atoms with Crippen molar-refractivity contribution in [2.45, 2.75) is 0 Å². The van der Waals surface area contributed by atoms with E-state index >= 15 is 0 Å². The zero-order chi connectivity index (χ0) is 25.7. The molecule has 0 aliphatic rings. The highest BCUT2D eigenvalue weighted by atomic mass is 79.9. The van der Waals surface area contributed by atoms with Crippen LogP contribution in [0.1, 0.15) is 0 Å². The van der Waals surface area contributed by atoms with Crippen molar-refractivity contribution >= 4 is 33.0 Å². The number of para-hydroxylation sites is 2. The lowest BCUT2D eigenvalue weighted by Crippen LogP contribution is -2.12. The van der Waals surface area contributed by atoms with Crippen LogP contribution >= 0.6 is 15.9 Å². The van der Waals surface area contributed by atoms with Crippen LogP contribution in [0.4, 0.5) is 17.1 Å². The molecule has 0 saturated carbocycles. The van der Waals surface area contributed by atoms with Crippen LogP contribution in [0.5, 0.6) is 0 Å². The highest BCUT2D eigenvalue weighted by Crippen LogP contribution is 2.44. The third-order valence-corrected chi connectivity index (χ3v) is 7.29. The molecule has 1 nitrogen and oxygen atoms in total. The van der Waals surface area contributed by atoms with Crippen molar-refractivity contribution in [1.29, 1.82) is 0 Å². The van der Waals surface area contributed by atoms with E-state index in [9.17, 15) is 0 Å². The van der Waals surface area contributed by atoms with Crippen molar-refractivity contribution in [1.82, 2.24) is 0 Å². The summed E-state index contributed by atoms with van der Waals surface area (Å²) in [6.07, 6.45) is 0. The Labute approximate surface area is 232 Å². The van der Waals surface area contributed by atoms with Gasteiger partial charge in [0, 0.05) is 21.3 Å². The maximum absolute atomic E-state index is 3.55. The minimum atomic E-state index is 1.08. The molecule has 0 fully saturated rings. The van der Waals surface area contributed by atoms with Gasteiger partial charge >= 0.3 is 0 Å². The molecular formula is C36H26BrN. The van der Waals surface area contributed by atoms with E-state index in [1.54, 1.807) is 0 Å². The van der Waals surface area contributed by atoms with Crippen LogP contribution in [-0.4, -0.2) is 0 Å². The first-order valence-electron chi connectivity index (χ1n) is 12.7. The number of halogens is 1. The van der Waals surface area contributed by atoms with Gasteiger partial charge in [-0.25, -0.2) is 0 Å². The Morgan fingerprint density at radius 1 is 0.342 bits per heavy atom. The number of hydrogen-bond donors (Lipinski definition) is 0. The van der Waals surface area contributed by atoms with Gasteiger partial charge in [-0.15, -0.1) is 0 Å². The Morgan fingerprint density at radius 3 is 1.21 bits per heavy atom. The first kappa shape index (κ1) is 24.0. The number of nitrogens with zero attached hydrogens (tertiary/aromatic N) is 1. The van der Waals surface area contributed by atoms with E-state index in [4.69, 9.17) is 0 Å². The summed E-state index contributed by atoms with van der Waals surface area (Å²) in [6.45, 7) is 0. The maximum atomic E-state index is 3.55. The van der Waals surface area contributed by atoms with Crippen molar-refractivity contribution in [3.05, 3.63) is 162 Å². The van der Waals surface area contributed by atoms with Crippen molar-refractivity contribution in [3.8, 4) is 33.4 Å². The highest BCUT2D eigenvalue weighted by Gasteiger charge is 2.20. The molecule has 2 heteroatoms. The molecule has 0 aromatic heterocycles. The van der Waals surface area contributed by atoms with E-state index in [2.05, 4.69) is 179 Å². The fraction of sp³-hybridized carbons (Fsp3) is 0. The number of rotatable bonds is 6. The molecule has 6 aromatic carbocycles. The topological polar surface area (TPSA) is 3.24 Å². The van der Waals surface area contributed by atoms with Gasteiger partial charge < -0.3 is 4.90 Å². The second kappa shape index (κ2) is 10.9. The van der Waals surface area contributed by atoms with Gasteiger partial charge in [-0.2, -0.15) is 0 Å². The molecule has 0 amide bonds. The van der Waals surface area contributed by atoms with E-state index < -0.39 is 0 Å². The first-order chi connectivity index (χ1) is 18.8. The molecule has 0 aliphatic heterocycles.